The van der Waals surface area contributed by atoms with Gasteiger partial charge in [0.05, 0.1) is 12.9 Å². The van der Waals surface area contributed by atoms with Crippen LogP contribution in [0.5, 0.6) is 11.5 Å². The molecule has 6 nitrogen and oxygen atoms in total. The van der Waals surface area contributed by atoms with Gasteiger partial charge in [-0.2, -0.15) is 0 Å². The first kappa shape index (κ1) is 16.2. The van der Waals surface area contributed by atoms with E-state index in [-0.39, 0.29) is 12.0 Å². The average molecular weight is 349 g/mol. The molecule has 0 saturated carbocycles. The van der Waals surface area contributed by atoms with Crippen LogP contribution >= 0.6 is 0 Å². The van der Waals surface area contributed by atoms with Crippen LogP contribution in [0.4, 0.5) is 0 Å². The number of carbonyl (C=O) groups excluding carboxylic acids is 1. The zero-order valence-electron chi connectivity index (χ0n) is 14.2. The maximum Gasteiger partial charge on any atom is 0.251 e. The standard InChI is InChI=1S/C20H19N3O3/c24-20(16-7-5-15(6-8-16)12-23-10-9-21-14-23)22-11-17-13-25-18-3-1-2-4-19(18)26-17/h1-10,14,17H,11-13H2,(H,22,24)/t17-/m1/s1. The first-order valence-corrected chi connectivity index (χ1v) is 8.49. The molecular formula is C20H19N3O3. The van der Waals surface area contributed by atoms with E-state index in [0.29, 0.717) is 24.5 Å². The van der Waals surface area contributed by atoms with Crippen molar-refractivity contribution in [3.05, 3.63) is 78.4 Å². The van der Waals surface area contributed by atoms with Crippen molar-refractivity contribution < 1.29 is 14.3 Å². The molecule has 2 heterocycles. The van der Waals surface area contributed by atoms with Crippen LogP contribution in [0.1, 0.15) is 15.9 Å². The minimum atomic E-state index is -0.200. The Morgan fingerprint density at radius 2 is 1.96 bits per heavy atom. The normalized spacial score (nSPS) is 15.5. The summed E-state index contributed by atoms with van der Waals surface area (Å²) in [6.45, 7) is 1.54. The lowest BCUT2D eigenvalue weighted by atomic mass is 10.1. The van der Waals surface area contributed by atoms with Crippen LogP contribution in [0.15, 0.2) is 67.3 Å². The van der Waals surface area contributed by atoms with E-state index >= 15 is 0 Å². The molecule has 1 amide bonds. The fraction of sp³-hybridized carbons (Fsp3) is 0.200. The molecule has 0 radical (unpaired) electrons. The number of fused-ring (bicyclic) bond motifs is 1. The van der Waals surface area contributed by atoms with Gasteiger partial charge in [-0.05, 0) is 29.8 Å². The number of ether oxygens (including phenoxy) is 2. The van der Waals surface area contributed by atoms with Crippen molar-refractivity contribution in [3.63, 3.8) is 0 Å². The van der Waals surface area contributed by atoms with Crippen LogP contribution < -0.4 is 14.8 Å². The Bertz CT molecular complexity index is 876. The van der Waals surface area contributed by atoms with E-state index in [2.05, 4.69) is 10.3 Å². The van der Waals surface area contributed by atoms with Crippen LogP contribution in [0.2, 0.25) is 0 Å². The van der Waals surface area contributed by atoms with Gasteiger partial charge < -0.3 is 19.4 Å². The molecule has 0 bridgehead atoms. The highest BCUT2D eigenvalue weighted by Crippen LogP contribution is 2.30. The van der Waals surface area contributed by atoms with E-state index in [1.54, 1.807) is 12.5 Å². The highest BCUT2D eigenvalue weighted by Gasteiger charge is 2.21. The van der Waals surface area contributed by atoms with Gasteiger partial charge in [0.2, 0.25) is 0 Å². The monoisotopic (exact) mass is 349 g/mol. The summed E-state index contributed by atoms with van der Waals surface area (Å²) in [6, 6.07) is 15.1. The molecule has 6 heteroatoms. The topological polar surface area (TPSA) is 65.4 Å². The molecule has 1 aliphatic heterocycles. The Morgan fingerprint density at radius 1 is 1.15 bits per heavy atom. The van der Waals surface area contributed by atoms with Crippen LogP contribution in [-0.2, 0) is 6.54 Å². The second kappa shape index (κ2) is 7.31. The number of nitrogens with zero attached hydrogens (tertiary/aromatic N) is 2. The van der Waals surface area contributed by atoms with E-state index in [1.807, 2.05) is 59.3 Å². The molecule has 0 unspecified atom stereocenters. The molecule has 0 fully saturated rings. The van der Waals surface area contributed by atoms with Gasteiger partial charge in [-0.3, -0.25) is 4.79 Å². The number of hydrogen-bond donors (Lipinski definition) is 1. The van der Waals surface area contributed by atoms with Crippen LogP contribution in [0, 0.1) is 0 Å². The van der Waals surface area contributed by atoms with Gasteiger partial charge in [-0.1, -0.05) is 24.3 Å². The van der Waals surface area contributed by atoms with Crippen molar-refractivity contribution in [2.24, 2.45) is 0 Å². The van der Waals surface area contributed by atoms with E-state index < -0.39 is 0 Å². The minimum absolute atomic E-state index is 0.123. The van der Waals surface area contributed by atoms with Crippen molar-refractivity contribution in [3.8, 4) is 11.5 Å². The van der Waals surface area contributed by atoms with E-state index in [1.165, 1.54) is 0 Å². The van der Waals surface area contributed by atoms with Gasteiger partial charge >= 0.3 is 0 Å². The highest BCUT2D eigenvalue weighted by molar-refractivity contribution is 5.94. The summed E-state index contributed by atoms with van der Waals surface area (Å²) >= 11 is 0. The third-order valence-corrected chi connectivity index (χ3v) is 4.20. The van der Waals surface area contributed by atoms with Crippen molar-refractivity contribution >= 4 is 5.91 Å². The second-order valence-corrected chi connectivity index (χ2v) is 6.14. The first-order valence-electron chi connectivity index (χ1n) is 8.49. The fourth-order valence-corrected chi connectivity index (χ4v) is 2.82. The molecule has 1 N–H and O–H groups in total. The zero-order chi connectivity index (χ0) is 17.8. The number of nitrogens with one attached hydrogen (secondary N) is 1. The Labute approximate surface area is 151 Å². The molecule has 1 aromatic heterocycles. The van der Waals surface area contributed by atoms with Crippen molar-refractivity contribution in [2.45, 2.75) is 12.6 Å². The van der Waals surface area contributed by atoms with Crippen molar-refractivity contribution in [2.75, 3.05) is 13.2 Å². The Balaban J connectivity index is 1.31. The molecule has 132 valence electrons. The second-order valence-electron chi connectivity index (χ2n) is 6.14. The Hall–Kier alpha value is -3.28. The Kier molecular flexibility index (Phi) is 4.55. The summed E-state index contributed by atoms with van der Waals surface area (Å²) in [5.41, 5.74) is 1.73. The van der Waals surface area contributed by atoms with Gasteiger partial charge in [-0.15, -0.1) is 0 Å². The molecule has 2 aromatic carbocycles. The summed E-state index contributed by atoms with van der Waals surface area (Å²) in [6.07, 6.45) is 5.22. The van der Waals surface area contributed by atoms with E-state index in [4.69, 9.17) is 9.47 Å². The predicted molar refractivity (Wildman–Crippen MR) is 96.5 cm³/mol. The van der Waals surface area contributed by atoms with Crippen molar-refractivity contribution in [1.29, 1.82) is 0 Å². The molecule has 26 heavy (non-hydrogen) atoms. The van der Waals surface area contributed by atoms with E-state index in [9.17, 15) is 4.79 Å². The number of para-hydroxylation sites is 2. The summed E-state index contributed by atoms with van der Waals surface area (Å²) < 4.78 is 13.5. The summed E-state index contributed by atoms with van der Waals surface area (Å²) in [4.78, 5) is 16.4. The van der Waals surface area contributed by atoms with Crippen molar-refractivity contribution in [1.82, 2.24) is 14.9 Å². The zero-order valence-corrected chi connectivity index (χ0v) is 14.2. The van der Waals surface area contributed by atoms with Gasteiger partial charge in [0, 0.05) is 24.5 Å². The van der Waals surface area contributed by atoms with Gasteiger partial charge in [0.15, 0.2) is 11.5 Å². The van der Waals surface area contributed by atoms with Crippen LogP contribution in [0.25, 0.3) is 0 Å². The molecule has 1 aliphatic rings. The summed E-state index contributed by atoms with van der Waals surface area (Å²) in [5.74, 6) is 1.33. The molecule has 0 aliphatic carbocycles. The number of imidazole rings is 1. The average Bonchev–Trinajstić information content (AvgIpc) is 3.19. The SMILES string of the molecule is O=C(NC[C@@H]1COc2ccccc2O1)c1ccc(Cn2ccnc2)cc1. The summed E-state index contributed by atoms with van der Waals surface area (Å²) in [7, 11) is 0. The number of amides is 1. The highest BCUT2D eigenvalue weighted by atomic mass is 16.6. The number of benzene rings is 2. The largest absolute Gasteiger partial charge is 0.486 e. The summed E-state index contributed by atoms with van der Waals surface area (Å²) in [5, 5.41) is 2.91. The third-order valence-electron chi connectivity index (χ3n) is 4.20. The van der Waals surface area contributed by atoms with Gasteiger partial charge in [0.1, 0.15) is 12.7 Å². The maximum absolute atomic E-state index is 12.3. The lowest BCUT2D eigenvalue weighted by Gasteiger charge is -2.26. The fourth-order valence-electron chi connectivity index (χ4n) is 2.82. The number of aromatic nitrogens is 2. The maximum atomic E-state index is 12.3. The molecule has 0 saturated heterocycles. The first-order chi connectivity index (χ1) is 12.8. The van der Waals surface area contributed by atoms with E-state index in [0.717, 1.165) is 17.9 Å². The van der Waals surface area contributed by atoms with Gasteiger partial charge in [0.25, 0.3) is 5.91 Å². The third kappa shape index (κ3) is 3.69. The minimum Gasteiger partial charge on any atom is -0.486 e. The van der Waals surface area contributed by atoms with Gasteiger partial charge in [-0.25, -0.2) is 4.98 Å². The quantitative estimate of drug-likeness (QED) is 0.769. The molecule has 0 spiro atoms. The van der Waals surface area contributed by atoms with Crippen LogP contribution in [0.3, 0.4) is 0 Å². The number of rotatable bonds is 5. The van der Waals surface area contributed by atoms with Crippen LogP contribution in [-0.4, -0.2) is 34.7 Å². The predicted octanol–water partition coefficient (Wildman–Crippen LogP) is 2.50. The Morgan fingerprint density at radius 3 is 2.73 bits per heavy atom. The molecular weight excluding hydrogens is 330 g/mol. The molecule has 4 rings (SSSR count). The lowest BCUT2D eigenvalue weighted by molar-refractivity contribution is 0.0789. The number of hydrogen-bond acceptors (Lipinski definition) is 4. The molecule has 1 atom stereocenters. The lowest BCUT2D eigenvalue weighted by Crippen LogP contribution is -2.40. The smallest absolute Gasteiger partial charge is 0.251 e. The number of carbonyl (C=O) groups is 1. The molecule has 3 aromatic rings.